The Morgan fingerprint density at radius 1 is 1.21 bits per heavy atom. The Kier molecular flexibility index (Phi) is 4.48. The second kappa shape index (κ2) is 6.25. The molecule has 0 aliphatic heterocycles. The number of alkyl halides is 5. The molecule has 0 aromatic heterocycles. The SMILES string of the molecule is CC[C@]12C=CC3=C4CCC(=O)C=C4C[C@@H](C)[C@H]3[C@@H]1CC[C@@]2(O)C(F)(F)C(F)(F)F. The van der Waals surface area contributed by atoms with Gasteiger partial charge < -0.3 is 5.11 Å². The largest absolute Gasteiger partial charge is 0.456 e. The van der Waals surface area contributed by atoms with Gasteiger partial charge in [-0.05, 0) is 72.7 Å². The lowest BCUT2D eigenvalue weighted by Gasteiger charge is -2.53. The first kappa shape index (κ1) is 20.8. The molecule has 0 spiro atoms. The smallest absolute Gasteiger partial charge is 0.382 e. The standard InChI is InChI=1S/C22H25F5O2/c1-3-19-8-6-16-15-5-4-14(28)11-13(15)10-12(2)18(16)17(19)7-9-20(19,29)21(23,24)22(25,26)27/h6,8,11-12,17-18,29H,3-5,7,9-10H2,1-2H3/t12-,17+,18-,19+,20+/m1/s1. The molecule has 1 fully saturated rings. The Hall–Kier alpha value is -1.50. The average molecular weight is 416 g/mol. The Morgan fingerprint density at radius 2 is 1.90 bits per heavy atom. The van der Waals surface area contributed by atoms with E-state index in [1.807, 2.05) is 6.92 Å². The monoisotopic (exact) mass is 416 g/mol. The Labute approximate surface area is 166 Å². The highest BCUT2D eigenvalue weighted by atomic mass is 19.4. The molecule has 0 aromatic rings. The van der Waals surface area contributed by atoms with Crippen molar-refractivity contribution in [3.8, 4) is 0 Å². The summed E-state index contributed by atoms with van der Waals surface area (Å²) in [6.07, 6.45) is 0.0208. The minimum Gasteiger partial charge on any atom is -0.382 e. The van der Waals surface area contributed by atoms with Gasteiger partial charge in [0.2, 0.25) is 0 Å². The second-order valence-corrected chi connectivity index (χ2v) is 9.08. The number of carbonyl (C=O) groups is 1. The van der Waals surface area contributed by atoms with Gasteiger partial charge in [0.1, 0.15) is 5.60 Å². The van der Waals surface area contributed by atoms with Crippen LogP contribution in [0, 0.1) is 23.2 Å². The van der Waals surface area contributed by atoms with Crippen molar-refractivity contribution in [2.45, 2.75) is 70.1 Å². The molecule has 2 nitrogen and oxygen atoms in total. The predicted molar refractivity (Wildman–Crippen MR) is 97.2 cm³/mol. The Balaban J connectivity index is 1.88. The number of fused-ring (bicyclic) bond motifs is 4. The van der Waals surface area contributed by atoms with Gasteiger partial charge in [-0.2, -0.15) is 22.0 Å². The molecule has 4 rings (SSSR count). The van der Waals surface area contributed by atoms with E-state index in [1.54, 1.807) is 19.1 Å². The van der Waals surface area contributed by atoms with E-state index in [4.69, 9.17) is 0 Å². The third-order valence-electron chi connectivity index (χ3n) is 7.91. The minimum absolute atomic E-state index is 0.00333. The molecule has 0 aromatic carbocycles. The molecule has 0 bridgehead atoms. The van der Waals surface area contributed by atoms with Crippen molar-refractivity contribution in [2.24, 2.45) is 23.2 Å². The molecule has 7 heteroatoms. The molecule has 0 radical (unpaired) electrons. The number of ketones is 1. The van der Waals surface area contributed by atoms with Crippen molar-refractivity contribution < 1.29 is 31.9 Å². The van der Waals surface area contributed by atoms with Crippen LogP contribution in [0.4, 0.5) is 22.0 Å². The molecule has 160 valence electrons. The maximum atomic E-state index is 14.6. The van der Waals surface area contributed by atoms with Gasteiger partial charge >= 0.3 is 12.1 Å². The summed E-state index contributed by atoms with van der Waals surface area (Å²) in [5.74, 6) is -5.82. The number of hydrogen-bond acceptors (Lipinski definition) is 2. The van der Waals surface area contributed by atoms with Gasteiger partial charge in [0.05, 0.1) is 0 Å². The van der Waals surface area contributed by atoms with Crippen LogP contribution in [0.15, 0.2) is 34.9 Å². The number of halogens is 5. The molecular weight excluding hydrogens is 391 g/mol. The maximum Gasteiger partial charge on any atom is 0.456 e. The summed E-state index contributed by atoms with van der Waals surface area (Å²) < 4.78 is 69.0. The van der Waals surface area contributed by atoms with Crippen LogP contribution in [0.3, 0.4) is 0 Å². The molecule has 4 aliphatic rings. The fraction of sp³-hybridized carbons (Fsp3) is 0.682. The van der Waals surface area contributed by atoms with Crippen LogP contribution in [0.1, 0.15) is 52.4 Å². The first-order chi connectivity index (χ1) is 13.4. The van der Waals surface area contributed by atoms with Gasteiger partial charge in [-0.1, -0.05) is 26.0 Å². The topological polar surface area (TPSA) is 37.3 Å². The first-order valence-electron chi connectivity index (χ1n) is 10.2. The van der Waals surface area contributed by atoms with Gasteiger partial charge in [0, 0.05) is 11.8 Å². The third-order valence-corrected chi connectivity index (χ3v) is 7.91. The summed E-state index contributed by atoms with van der Waals surface area (Å²) in [5, 5.41) is 11.0. The van der Waals surface area contributed by atoms with E-state index in [0.717, 1.165) is 16.7 Å². The van der Waals surface area contributed by atoms with Gasteiger partial charge in [-0.3, -0.25) is 4.79 Å². The van der Waals surface area contributed by atoms with Crippen molar-refractivity contribution in [3.05, 3.63) is 34.9 Å². The van der Waals surface area contributed by atoms with Crippen LogP contribution >= 0.6 is 0 Å². The van der Waals surface area contributed by atoms with Crippen LogP contribution in [-0.4, -0.2) is 28.6 Å². The van der Waals surface area contributed by atoms with E-state index in [9.17, 15) is 31.9 Å². The summed E-state index contributed by atoms with van der Waals surface area (Å²) in [6.45, 7) is 3.54. The molecule has 5 atom stereocenters. The predicted octanol–water partition coefficient (Wildman–Crippen LogP) is 5.53. The van der Waals surface area contributed by atoms with E-state index in [1.165, 1.54) is 6.08 Å². The zero-order valence-corrected chi connectivity index (χ0v) is 16.5. The second-order valence-electron chi connectivity index (χ2n) is 9.08. The number of rotatable bonds is 2. The van der Waals surface area contributed by atoms with E-state index in [0.29, 0.717) is 19.3 Å². The molecule has 4 aliphatic carbocycles. The van der Waals surface area contributed by atoms with Crippen molar-refractivity contribution in [2.75, 3.05) is 0 Å². The number of aliphatic hydroxyl groups is 1. The number of hydrogen-bond donors (Lipinski definition) is 1. The van der Waals surface area contributed by atoms with Crippen LogP contribution in [0.2, 0.25) is 0 Å². The molecule has 0 saturated heterocycles. The number of carbonyl (C=O) groups excluding carboxylic acids is 1. The Bertz CT molecular complexity index is 837. The first-order valence-corrected chi connectivity index (χ1v) is 10.2. The molecule has 1 N–H and O–H groups in total. The number of allylic oxidation sites excluding steroid dienone is 5. The summed E-state index contributed by atoms with van der Waals surface area (Å²) in [6, 6.07) is 0. The Morgan fingerprint density at radius 3 is 2.52 bits per heavy atom. The average Bonchev–Trinajstić information content (AvgIpc) is 2.95. The zero-order valence-electron chi connectivity index (χ0n) is 16.5. The van der Waals surface area contributed by atoms with E-state index < -0.39 is 35.5 Å². The van der Waals surface area contributed by atoms with Gasteiger partial charge in [0.25, 0.3) is 0 Å². The van der Waals surface area contributed by atoms with Crippen LogP contribution in [0.5, 0.6) is 0 Å². The zero-order chi connectivity index (χ0) is 21.4. The summed E-state index contributed by atoms with van der Waals surface area (Å²) in [7, 11) is 0. The fourth-order valence-corrected chi connectivity index (χ4v) is 6.60. The maximum absolute atomic E-state index is 14.6. The third kappa shape index (κ3) is 2.52. The molecule has 0 heterocycles. The van der Waals surface area contributed by atoms with Gasteiger partial charge in [0.15, 0.2) is 5.78 Å². The fourth-order valence-electron chi connectivity index (χ4n) is 6.60. The minimum atomic E-state index is -5.82. The highest BCUT2D eigenvalue weighted by Gasteiger charge is 2.78. The molecule has 29 heavy (non-hydrogen) atoms. The quantitative estimate of drug-likeness (QED) is 0.601. The molecular formula is C22H25F5O2. The van der Waals surface area contributed by atoms with E-state index in [2.05, 4.69) is 0 Å². The van der Waals surface area contributed by atoms with Crippen molar-refractivity contribution in [1.82, 2.24) is 0 Å². The lowest BCUT2D eigenvalue weighted by Crippen LogP contribution is -2.64. The highest BCUT2D eigenvalue weighted by molar-refractivity contribution is 5.93. The normalized spacial score (nSPS) is 39.8. The molecule has 0 unspecified atom stereocenters. The molecule has 0 amide bonds. The summed E-state index contributed by atoms with van der Waals surface area (Å²) in [5.41, 5.74) is -1.85. The van der Waals surface area contributed by atoms with Crippen LogP contribution in [-0.2, 0) is 4.79 Å². The lowest BCUT2D eigenvalue weighted by atomic mass is 9.53. The van der Waals surface area contributed by atoms with Crippen LogP contribution in [0.25, 0.3) is 0 Å². The lowest BCUT2D eigenvalue weighted by molar-refractivity contribution is -0.358. The molecule has 1 saturated carbocycles. The highest BCUT2D eigenvalue weighted by Crippen LogP contribution is 2.68. The van der Waals surface area contributed by atoms with Crippen molar-refractivity contribution in [1.29, 1.82) is 0 Å². The van der Waals surface area contributed by atoms with E-state index in [-0.39, 0.29) is 30.5 Å². The van der Waals surface area contributed by atoms with Gasteiger partial charge in [-0.25, -0.2) is 0 Å². The van der Waals surface area contributed by atoms with E-state index >= 15 is 0 Å². The van der Waals surface area contributed by atoms with Crippen molar-refractivity contribution in [3.63, 3.8) is 0 Å². The summed E-state index contributed by atoms with van der Waals surface area (Å²) >= 11 is 0. The summed E-state index contributed by atoms with van der Waals surface area (Å²) in [4.78, 5) is 11.8. The van der Waals surface area contributed by atoms with Gasteiger partial charge in [-0.15, -0.1) is 0 Å². The van der Waals surface area contributed by atoms with Crippen LogP contribution < -0.4 is 0 Å². The van der Waals surface area contributed by atoms with Crippen molar-refractivity contribution >= 4 is 5.78 Å².